The molecule has 0 N–H and O–H groups in total. The lowest BCUT2D eigenvalue weighted by Gasteiger charge is -2.34. The molecule has 0 saturated heterocycles. The fourth-order valence-corrected chi connectivity index (χ4v) is 6.83. The van der Waals surface area contributed by atoms with E-state index in [1.165, 1.54) is 55.5 Å². The molecule has 40 heavy (non-hydrogen) atoms. The second-order valence-corrected chi connectivity index (χ2v) is 10.5. The summed E-state index contributed by atoms with van der Waals surface area (Å²) in [4.78, 5) is 0. The predicted octanol–water partition coefficient (Wildman–Crippen LogP) is 9.66. The van der Waals surface area contributed by atoms with Crippen molar-refractivity contribution < 1.29 is 0 Å². The zero-order valence-corrected chi connectivity index (χ0v) is 22.0. The Labute approximate surface area is 234 Å². The highest BCUT2D eigenvalue weighted by atomic mass is 15.0. The van der Waals surface area contributed by atoms with Crippen molar-refractivity contribution >= 4 is 10.9 Å². The highest BCUT2D eigenvalue weighted by Gasteiger charge is 2.45. The van der Waals surface area contributed by atoms with Gasteiger partial charge >= 0.3 is 0 Å². The van der Waals surface area contributed by atoms with Crippen molar-refractivity contribution in [1.82, 2.24) is 4.57 Å². The first-order chi connectivity index (χ1) is 19.9. The second kappa shape index (κ2) is 8.97. The van der Waals surface area contributed by atoms with Gasteiger partial charge in [-0.1, -0.05) is 140 Å². The van der Waals surface area contributed by atoms with Crippen LogP contribution in [0.4, 0.5) is 0 Å². The van der Waals surface area contributed by atoms with Gasteiger partial charge < -0.3 is 4.57 Å². The van der Waals surface area contributed by atoms with Crippen molar-refractivity contribution in [3.63, 3.8) is 0 Å². The fraction of sp³-hybridized carbons (Fsp3) is 0.0256. The maximum atomic E-state index is 2.39. The van der Waals surface area contributed by atoms with Crippen molar-refractivity contribution in [2.45, 2.75) is 5.41 Å². The molecule has 1 aromatic heterocycles. The van der Waals surface area contributed by atoms with Gasteiger partial charge in [0, 0.05) is 11.1 Å². The number of fused-ring (bicyclic) bond motifs is 4. The third kappa shape index (κ3) is 3.21. The summed E-state index contributed by atoms with van der Waals surface area (Å²) < 4.78 is 2.39. The average Bonchev–Trinajstić information content (AvgIpc) is 3.57. The average molecular weight is 510 g/mol. The number of rotatable bonds is 4. The minimum absolute atomic E-state index is 0.381. The summed E-state index contributed by atoms with van der Waals surface area (Å²) in [6.07, 6.45) is 0. The van der Waals surface area contributed by atoms with E-state index >= 15 is 0 Å². The van der Waals surface area contributed by atoms with Crippen molar-refractivity contribution in [2.75, 3.05) is 0 Å². The van der Waals surface area contributed by atoms with E-state index in [0.29, 0.717) is 0 Å². The predicted molar refractivity (Wildman–Crippen MR) is 166 cm³/mol. The van der Waals surface area contributed by atoms with Gasteiger partial charge in [-0.05, 0) is 63.2 Å². The van der Waals surface area contributed by atoms with E-state index < -0.39 is 0 Å². The van der Waals surface area contributed by atoms with E-state index in [-0.39, 0.29) is 5.41 Å². The van der Waals surface area contributed by atoms with Crippen molar-refractivity contribution in [3.8, 4) is 28.1 Å². The Morgan fingerprint density at radius 2 is 0.950 bits per heavy atom. The molecule has 0 atom stereocenters. The lowest BCUT2D eigenvalue weighted by atomic mass is 9.68. The molecule has 0 saturated carbocycles. The first kappa shape index (κ1) is 22.8. The zero-order chi connectivity index (χ0) is 26.5. The molecule has 188 valence electrons. The molecule has 0 aliphatic heterocycles. The highest BCUT2D eigenvalue weighted by Crippen LogP contribution is 2.56. The number of aromatic nitrogens is 1. The number of hydrogen-bond donors (Lipinski definition) is 0. The Balaban J connectivity index is 1.37. The van der Waals surface area contributed by atoms with Gasteiger partial charge in [0.25, 0.3) is 0 Å². The third-order valence-corrected chi connectivity index (χ3v) is 8.50. The van der Waals surface area contributed by atoms with E-state index in [4.69, 9.17) is 0 Å². The normalized spacial score (nSPS) is 13.2. The van der Waals surface area contributed by atoms with Crippen LogP contribution in [0.5, 0.6) is 0 Å². The molecule has 1 aliphatic rings. The molecule has 1 heteroatoms. The van der Waals surface area contributed by atoms with Gasteiger partial charge in [-0.25, -0.2) is 0 Å². The monoisotopic (exact) mass is 509 g/mol. The first-order valence-electron chi connectivity index (χ1n) is 13.9. The van der Waals surface area contributed by atoms with Crippen molar-refractivity contribution in [3.05, 3.63) is 186 Å². The van der Waals surface area contributed by atoms with E-state index in [1.807, 2.05) is 0 Å². The van der Waals surface area contributed by atoms with Crippen LogP contribution in [-0.4, -0.2) is 4.57 Å². The SMILES string of the molecule is c1ccc(-c2cc3ccccc3n2-c2ccc(C3(c4ccccc4)c4ccccc4-c4ccccc43)cc2)cc1. The summed E-state index contributed by atoms with van der Waals surface area (Å²) >= 11 is 0. The molecule has 7 aromatic rings. The quantitative estimate of drug-likeness (QED) is 0.223. The number of benzene rings is 6. The van der Waals surface area contributed by atoms with Gasteiger partial charge in [0.15, 0.2) is 0 Å². The smallest absolute Gasteiger partial charge is 0.0713 e. The Kier molecular flexibility index (Phi) is 5.11. The van der Waals surface area contributed by atoms with Crippen LogP contribution in [0.3, 0.4) is 0 Å². The van der Waals surface area contributed by atoms with Crippen molar-refractivity contribution in [2.24, 2.45) is 0 Å². The second-order valence-electron chi connectivity index (χ2n) is 10.5. The van der Waals surface area contributed by atoms with Gasteiger partial charge in [0.1, 0.15) is 0 Å². The Hall–Kier alpha value is -5.14. The van der Waals surface area contributed by atoms with E-state index in [9.17, 15) is 0 Å². The molecule has 0 spiro atoms. The number of hydrogen-bond acceptors (Lipinski definition) is 0. The molecule has 1 heterocycles. The maximum absolute atomic E-state index is 2.39. The maximum Gasteiger partial charge on any atom is 0.0713 e. The van der Waals surface area contributed by atoms with Gasteiger partial charge in [-0.15, -0.1) is 0 Å². The summed E-state index contributed by atoms with van der Waals surface area (Å²) in [6.45, 7) is 0. The molecule has 0 radical (unpaired) electrons. The standard InChI is InChI=1S/C39H27N/c1-3-13-28(14-4-1)38-27-29-15-7-12-22-37(29)40(38)32-25-23-31(24-26-32)39(30-16-5-2-6-17-30)35-20-10-8-18-33(35)34-19-9-11-21-36(34)39/h1-27H. The van der Waals surface area contributed by atoms with Crippen LogP contribution in [0, 0.1) is 0 Å². The Morgan fingerprint density at radius 3 is 1.62 bits per heavy atom. The summed E-state index contributed by atoms with van der Waals surface area (Å²) in [5.74, 6) is 0. The van der Waals surface area contributed by atoms with Crippen LogP contribution in [-0.2, 0) is 5.41 Å². The Bertz CT molecular complexity index is 1930. The highest BCUT2D eigenvalue weighted by molar-refractivity contribution is 5.90. The molecule has 0 bridgehead atoms. The lowest BCUT2D eigenvalue weighted by Crippen LogP contribution is -2.28. The topological polar surface area (TPSA) is 4.93 Å². The lowest BCUT2D eigenvalue weighted by molar-refractivity contribution is 0.768. The molecule has 0 unspecified atom stereocenters. The van der Waals surface area contributed by atoms with Crippen LogP contribution in [0.1, 0.15) is 22.3 Å². The minimum atomic E-state index is -0.381. The third-order valence-electron chi connectivity index (χ3n) is 8.50. The molecule has 1 aliphatic carbocycles. The van der Waals surface area contributed by atoms with Crippen LogP contribution < -0.4 is 0 Å². The summed E-state index contributed by atoms with van der Waals surface area (Å²) in [7, 11) is 0. The first-order valence-corrected chi connectivity index (χ1v) is 13.9. The molecule has 6 aromatic carbocycles. The van der Waals surface area contributed by atoms with Gasteiger partial charge in [-0.2, -0.15) is 0 Å². The Morgan fingerprint density at radius 1 is 0.425 bits per heavy atom. The fourth-order valence-electron chi connectivity index (χ4n) is 6.83. The van der Waals surface area contributed by atoms with Crippen LogP contribution in [0.2, 0.25) is 0 Å². The van der Waals surface area contributed by atoms with Gasteiger partial charge in [0.2, 0.25) is 0 Å². The molecule has 1 nitrogen and oxygen atoms in total. The molecule has 0 amide bonds. The van der Waals surface area contributed by atoms with Crippen molar-refractivity contribution in [1.29, 1.82) is 0 Å². The molecular weight excluding hydrogens is 482 g/mol. The van der Waals surface area contributed by atoms with Gasteiger partial charge in [-0.3, -0.25) is 0 Å². The minimum Gasteiger partial charge on any atom is -0.309 e. The summed E-state index contributed by atoms with van der Waals surface area (Å²) in [5.41, 5.74) is 12.3. The van der Waals surface area contributed by atoms with E-state index in [1.54, 1.807) is 0 Å². The molecule has 8 rings (SSSR count). The van der Waals surface area contributed by atoms with Crippen LogP contribution in [0.25, 0.3) is 39.0 Å². The summed E-state index contributed by atoms with van der Waals surface area (Å²) in [6, 6.07) is 59.7. The number of nitrogens with zero attached hydrogens (tertiary/aromatic N) is 1. The zero-order valence-electron chi connectivity index (χ0n) is 22.0. The van der Waals surface area contributed by atoms with Gasteiger partial charge in [0.05, 0.1) is 16.6 Å². The van der Waals surface area contributed by atoms with E-state index in [2.05, 4.69) is 168 Å². The molecular formula is C39H27N. The van der Waals surface area contributed by atoms with Crippen LogP contribution >= 0.6 is 0 Å². The number of para-hydroxylation sites is 1. The molecule has 0 fully saturated rings. The van der Waals surface area contributed by atoms with Crippen LogP contribution in [0.15, 0.2) is 164 Å². The summed E-state index contributed by atoms with van der Waals surface area (Å²) in [5, 5.41) is 1.24. The van der Waals surface area contributed by atoms with E-state index in [0.717, 1.165) is 5.69 Å². The largest absolute Gasteiger partial charge is 0.309 e.